The average molecular weight is 276 g/mol. The molecule has 2 rings (SSSR count). The summed E-state index contributed by atoms with van der Waals surface area (Å²) in [6.45, 7) is 5.47. The van der Waals surface area contributed by atoms with E-state index in [4.69, 9.17) is 0 Å². The number of carbonyl (C=O) groups is 2. The summed E-state index contributed by atoms with van der Waals surface area (Å²) in [5, 5.41) is 9.54. The molecule has 1 heterocycles. The minimum atomic E-state index is -0.621. The fourth-order valence-electron chi connectivity index (χ4n) is 2.44. The van der Waals surface area contributed by atoms with E-state index >= 15 is 0 Å². The molecule has 0 saturated carbocycles. The Kier molecular flexibility index (Phi) is 4.39. The normalized spacial score (nSPS) is 18.4. The lowest BCUT2D eigenvalue weighted by molar-refractivity contribution is -0.117. The fourth-order valence-corrected chi connectivity index (χ4v) is 2.44. The van der Waals surface area contributed by atoms with Crippen molar-refractivity contribution in [3.63, 3.8) is 0 Å². The van der Waals surface area contributed by atoms with Crippen molar-refractivity contribution < 1.29 is 14.7 Å². The Balaban J connectivity index is 2.24. The van der Waals surface area contributed by atoms with Gasteiger partial charge in [0.15, 0.2) is 0 Å². The summed E-state index contributed by atoms with van der Waals surface area (Å²) < 4.78 is 0. The van der Waals surface area contributed by atoms with Gasteiger partial charge < -0.3 is 14.9 Å². The number of β-amino-alcohol motifs (C(OH)–C–C–N with tert-alkyl or cyclic N) is 1. The number of aliphatic hydroxyl groups excluding tert-OH is 1. The van der Waals surface area contributed by atoms with Gasteiger partial charge in [0.25, 0.3) is 5.91 Å². The third-order valence-electron chi connectivity index (χ3n) is 3.56. The van der Waals surface area contributed by atoms with Gasteiger partial charge in [-0.15, -0.1) is 0 Å². The molecule has 1 saturated heterocycles. The molecule has 2 amide bonds. The minimum absolute atomic E-state index is 0.0379. The molecule has 0 radical (unpaired) electrons. The lowest BCUT2D eigenvalue weighted by Gasteiger charge is -2.20. The van der Waals surface area contributed by atoms with Crippen LogP contribution in [0.1, 0.15) is 30.6 Å². The summed E-state index contributed by atoms with van der Waals surface area (Å²) in [6, 6.07) is 7.02. The molecule has 1 aliphatic heterocycles. The maximum atomic E-state index is 12.3. The molecule has 1 aromatic rings. The van der Waals surface area contributed by atoms with Crippen LogP contribution in [0, 0.1) is 0 Å². The second-order valence-electron chi connectivity index (χ2n) is 4.89. The van der Waals surface area contributed by atoms with Gasteiger partial charge in [-0.3, -0.25) is 9.59 Å². The van der Waals surface area contributed by atoms with Crippen molar-refractivity contribution in [3.05, 3.63) is 29.8 Å². The summed E-state index contributed by atoms with van der Waals surface area (Å²) in [5.74, 6) is -0.144. The first kappa shape index (κ1) is 14.5. The molecular formula is C15H20N2O3. The Labute approximate surface area is 118 Å². The van der Waals surface area contributed by atoms with E-state index in [1.807, 2.05) is 13.8 Å². The van der Waals surface area contributed by atoms with Crippen LogP contribution in [0.15, 0.2) is 24.3 Å². The monoisotopic (exact) mass is 276 g/mol. The van der Waals surface area contributed by atoms with Crippen molar-refractivity contribution in [3.8, 4) is 0 Å². The number of rotatable bonds is 4. The second-order valence-corrected chi connectivity index (χ2v) is 4.89. The summed E-state index contributed by atoms with van der Waals surface area (Å²) >= 11 is 0. The smallest absolute Gasteiger partial charge is 0.253 e. The summed E-state index contributed by atoms with van der Waals surface area (Å²) in [4.78, 5) is 27.3. The lowest BCUT2D eigenvalue weighted by atomic mass is 10.1. The quantitative estimate of drug-likeness (QED) is 0.900. The number of carbonyl (C=O) groups excluding carboxylic acids is 2. The molecule has 1 fully saturated rings. The number of hydrogen-bond acceptors (Lipinski definition) is 3. The first-order valence-electron chi connectivity index (χ1n) is 6.94. The molecule has 5 nitrogen and oxygen atoms in total. The highest BCUT2D eigenvalue weighted by atomic mass is 16.3. The van der Waals surface area contributed by atoms with Gasteiger partial charge in [0, 0.05) is 24.3 Å². The Morgan fingerprint density at radius 1 is 1.40 bits per heavy atom. The van der Waals surface area contributed by atoms with Gasteiger partial charge in [0.2, 0.25) is 5.91 Å². The second kappa shape index (κ2) is 6.05. The lowest BCUT2D eigenvalue weighted by Crippen LogP contribution is -2.31. The Morgan fingerprint density at radius 2 is 2.10 bits per heavy atom. The van der Waals surface area contributed by atoms with Gasteiger partial charge in [-0.05, 0) is 32.0 Å². The first-order valence-corrected chi connectivity index (χ1v) is 6.94. The summed E-state index contributed by atoms with van der Waals surface area (Å²) in [7, 11) is 0. The van der Waals surface area contributed by atoms with E-state index in [1.165, 1.54) is 4.90 Å². The zero-order valence-electron chi connectivity index (χ0n) is 11.9. The average Bonchev–Trinajstić information content (AvgIpc) is 2.79. The molecule has 0 spiro atoms. The topological polar surface area (TPSA) is 60.9 Å². The third kappa shape index (κ3) is 2.82. The van der Waals surface area contributed by atoms with Crippen LogP contribution in [0.25, 0.3) is 0 Å². The molecule has 1 unspecified atom stereocenters. The molecule has 20 heavy (non-hydrogen) atoms. The van der Waals surface area contributed by atoms with E-state index < -0.39 is 6.10 Å². The molecule has 0 aliphatic carbocycles. The van der Waals surface area contributed by atoms with E-state index in [-0.39, 0.29) is 18.2 Å². The van der Waals surface area contributed by atoms with Crippen molar-refractivity contribution >= 4 is 17.5 Å². The molecular weight excluding hydrogens is 256 g/mol. The number of benzene rings is 1. The van der Waals surface area contributed by atoms with E-state index in [1.54, 1.807) is 29.2 Å². The molecule has 1 atom stereocenters. The van der Waals surface area contributed by atoms with Crippen LogP contribution in [0.5, 0.6) is 0 Å². The third-order valence-corrected chi connectivity index (χ3v) is 3.56. The fraction of sp³-hybridized carbons (Fsp3) is 0.467. The molecule has 5 heteroatoms. The van der Waals surface area contributed by atoms with Gasteiger partial charge >= 0.3 is 0 Å². The van der Waals surface area contributed by atoms with E-state index in [9.17, 15) is 14.7 Å². The zero-order chi connectivity index (χ0) is 14.7. The van der Waals surface area contributed by atoms with Crippen LogP contribution in [0.4, 0.5) is 5.69 Å². The molecule has 1 aromatic carbocycles. The van der Waals surface area contributed by atoms with E-state index in [2.05, 4.69) is 0 Å². The molecule has 0 aromatic heterocycles. The number of nitrogens with zero attached hydrogens (tertiary/aromatic N) is 2. The zero-order valence-corrected chi connectivity index (χ0v) is 11.9. The van der Waals surface area contributed by atoms with Gasteiger partial charge in [0.1, 0.15) is 0 Å². The maximum Gasteiger partial charge on any atom is 0.253 e. The van der Waals surface area contributed by atoms with Crippen LogP contribution < -0.4 is 4.90 Å². The van der Waals surface area contributed by atoms with Crippen molar-refractivity contribution in [1.29, 1.82) is 0 Å². The molecule has 1 N–H and O–H groups in total. The van der Waals surface area contributed by atoms with Crippen molar-refractivity contribution in [2.75, 3.05) is 24.5 Å². The predicted octanol–water partition coefficient (Wildman–Crippen LogP) is 1.27. The van der Waals surface area contributed by atoms with Gasteiger partial charge in [-0.25, -0.2) is 0 Å². The van der Waals surface area contributed by atoms with Crippen LogP contribution in [-0.2, 0) is 4.79 Å². The first-order chi connectivity index (χ1) is 9.56. The van der Waals surface area contributed by atoms with Gasteiger partial charge in [-0.1, -0.05) is 6.07 Å². The van der Waals surface area contributed by atoms with Gasteiger partial charge in [0.05, 0.1) is 19.1 Å². The minimum Gasteiger partial charge on any atom is -0.391 e. The maximum absolute atomic E-state index is 12.3. The molecule has 108 valence electrons. The Hall–Kier alpha value is -1.88. The Morgan fingerprint density at radius 3 is 2.65 bits per heavy atom. The van der Waals surface area contributed by atoms with Crippen LogP contribution in [0.2, 0.25) is 0 Å². The number of hydrogen-bond donors (Lipinski definition) is 1. The largest absolute Gasteiger partial charge is 0.391 e. The van der Waals surface area contributed by atoms with Crippen molar-refractivity contribution in [2.24, 2.45) is 0 Å². The number of anilines is 1. The predicted molar refractivity (Wildman–Crippen MR) is 76.7 cm³/mol. The summed E-state index contributed by atoms with van der Waals surface area (Å²) in [5.41, 5.74) is 1.24. The summed E-state index contributed by atoms with van der Waals surface area (Å²) in [6.07, 6.45) is -0.474. The van der Waals surface area contributed by atoms with E-state index in [0.29, 0.717) is 30.9 Å². The van der Waals surface area contributed by atoms with Crippen molar-refractivity contribution in [2.45, 2.75) is 26.4 Å². The van der Waals surface area contributed by atoms with Crippen LogP contribution in [0.3, 0.4) is 0 Å². The van der Waals surface area contributed by atoms with Crippen molar-refractivity contribution in [1.82, 2.24) is 4.90 Å². The highest BCUT2D eigenvalue weighted by Gasteiger charge is 2.29. The Bertz CT molecular complexity index is 512. The van der Waals surface area contributed by atoms with Crippen LogP contribution >= 0.6 is 0 Å². The number of aliphatic hydroxyl groups is 1. The van der Waals surface area contributed by atoms with Gasteiger partial charge in [-0.2, -0.15) is 0 Å². The van der Waals surface area contributed by atoms with E-state index in [0.717, 1.165) is 0 Å². The number of amides is 2. The molecule has 0 bridgehead atoms. The van der Waals surface area contributed by atoms with Crippen LogP contribution in [-0.4, -0.2) is 47.6 Å². The SMILES string of the molecule is CCN(CC)C(=O)c1cccc(N2CC(O)CC2=O)c1. The highest BCUT2D eigenvalue weighted by molar-refractivity contribution is 5.99. The highest BCUT2D eigenvalue weighted by Crippen LogP contribution is 2.23. The molecule has 1 aliphatic rings. The standard InChI is InChI=1S/C15H20N2O3/c1-3-16(4-2)15(20)11-6-5-7-12(8-11)17-10-13(18)9-14(17)19/h5-8,13,18H,3-4,9-10H2,1-2H3.